The van der Waals surface area contributed by atoms with E-state index < -0.39 is 15.8 Å². The molecule has 0 aromatic heterocycles. The van der Waals surface area contributed by atoms with Crippen LogP contribution in [0.25, 0.3) is 0 Å². The summed E-state index contributed by atoms with van der Waals surface area (Å²) < 4.78 is 39.2. The van der Waals surface area contributed by atoms with E-state index in [1.165, 1.54) is 24.3 Å². The Hall–Kier alpha value is -2.50. The normalized spacial score (nSPS) is 10.7. The summed E-state index contributed by atoms with van der Waals surface area (Å²) in [5, 5.41) is 0. The van der Waals surface area contributed by atoms with Gasteiger partial charge in [-0.05, 0) is 42.5 Å². The van der Waals surface area contributed by atoms with E-state index in [2.05, 4.69) is 9.71 Å². The highest BCUT2D eigenvalue weighted by Crippen LogP contribution is 2.21. The van der Waals surface area contributed by atoms with E-state index in [4.69, 9.17) is 0 Å². The minimum atomic E-state index is -3.82. The third-order valence-electron chi connectivity index (χ3n) is 2.40. The van der Waals surface area contributed by atoms with Crippen LogP contribution < -0.4 is 4.72 Å². The van der Waals surface area contributed by atoms with Gasteiger partial charge in [0.1, 0.15) is 5.82 Å². The van der Waals surface area contributed by atoms with Crippen molar-refractivity contribution >= 4 is 27.5 Å². The molecule has 0 spiro atoms. The Labute approximate surface area is 114 Å². The molecule has 2 rings (SSSR count). The maximum atomic E-state index is 12.8. The topological polar surface area (TPSA) is 75.6 Å². The number of isocyanates is 1. The molecule has 102 valence electrons. The van der Waals surface area contributed by atoms with Gasteiger partial charge in [0.15, 0.2) is 0 Å². The van der Waals surface area contributed by atoms with Crippen LogP contribution in [0.3, 0.4) is 0 Å². The summed E-state index contributed by atoms with van der Waals surface area (Å²) in [6.45, 7) is 0. The lowest BCUT2D eigenvalue weighted by atomic mass is 10.3. The average molecular weight is 292 g/mol. The molecule has 0 aliphatic carbocycles. The Kier molecular flexibility index (Phi) is 3.93. The summed E-state index contributed by atoms with van der Waals surface area (Å²) in [4.78, 5) is 13.5. The van der Waals surface area contributed by atoms with Gasteiger partial charge in [-0.3, -0.25) is 4.72 Å². The minimum absolute atomic E-state index is 0.0665. The van der Waals surface area contributed by atoms with Crippen LogP contribution in [0.1, 0.15) is 0 Å². The number of nitrogens with one attached hydrogen (secondary N) is 1. The zero-order chi connectivity index (χ0) is 14.6. The molecule has 0 atom stereocenters. The van der Waals surface area contributed by atoms with Gasteiger partial charge in [0.25, 0.3) is 10.0 Å². The van der Waals surface area contributed by atoms with Crippen LogP contribution >= 0.6 is 0 Å². The van der Waals surface area contributed by atoms with Gasteiger partial charge in [-0.15, -0.1) is 0 Å². The molecule has 0 aliphatic rings. The number of anilines is 1. The van der Waals surface area contributed by atoms with Crippen LogP contribution in [0.4, 0.5) is 15.8 Å². The van der Waals surface area contributed by atoms with Gasteiger partial charge < -0.3 is 0 Å². The monoisotopic (exact) mass is 292 g/mol. The van der Waals surface area contributed by atoms with Crippen LogP contribution in [0.2, 0.25) is 0 Å². The van der Waals surface area contributed by atoms with Crippen LogP contribution in [-0.4, -0.2) is 14.5 Å². The number of sulfonamides is 1. The number of hydrogen-bond acceptors (Lipinski definition) is 4. The molecular weight excluding hydrogens is 283 g/mol. The molecule has 0 bridgehead atoms. The van der Waals surface area contributed by atoms with Crippen molar-refractivity contribution in [3.8, 4) is 0 Å². The van der Waals surface area contributed by atoms with Crippen LogP contribution in [0.5, 0.6) is 0 Å². The zero-order valence-electron chi connectivity index (χ0n) is 10.1. The number of benzene rings is 2. The van der Waals surface area contributed by atoms with Gasteiger partial charge in [-0.25, -0.2) is 17.6 Å². The first-order valence-corrected chi connectivity index (χ1v) is 6.96. The second-order valence-electron chi connectivity index (χ2n) is 3.81. The summed E-state index contributed by atoms with van der Waals surface area (Å²) in [7, 11) is -3.82. The van der Waals surface area contributed by atoms with Gasteiger partial charge >= 0.3 is 0 Å². The fourth-order valence-corrected chi connectivity index (χ4v) is 2.57. The van der Waals surface area contributed by atoms with E-state index in [1.54, 1.807) is 6.07 Å². The number of nitrogens with zero attached hydrogens (tertiary/aromatic N) is 1. The lowest BCUT2D eigenvalue weighted by molar-refractivity contribution is 0.565. The quantitative estimate of drug-likeness (QED) is 0.695. The summed E-state index contributed by atoms with van der Waals surface area (Å²) in [5.41, 5.74) is 0.519. The molecule has 0 saturated heterocycles. The fraction of sp³-hybridized carbons (Fsp3) is 0. The van der Waals surface area contributed by atoms with E-state index in [1.807, 2.05) is 0 Å². The molecule has 2 aromatic rings. The van der Waals surface area contributed by atoms with Crippen LogP contribution in [0.15, 0.2) is 58.4 Å². The van der Waals surface area contributed by atoms with Crippen molar-refractivity contribution in [2.24, 2.45) is 4.99 Å². The smallest absolute Gasteiger partial charge is 0.261 e. The summed E-state index contributed by atoms with van der Waals surface area (Å²) in [6, 6.07) is 10.4. The second-order valence-corrected chi connectivity index (χ2v) is 5.50. The van der Waals surface area contributed by atoms with Gasteiger partial charge in [0, 0.05) is 0 Å². The fourth-order valence-electron chi connectivity index (χ4n) is 1.52. The van der Waals surface area contributed by atoms with Gasteiger partial charge in [0.2, 0.25) is 6.08 Å². The van der Waals surface area contributed by atoms with E-state index in [9.17, 15) is 17.6 Å². The predicted octanol–water partition coefficient (Wildman–Crippen LogP) is 2.59. The van der Waals surface area contributed by atoms with Gasteiger partial charge in [-0.2, -0.15) is 4.99 Å². The van der Waals surface area contributed by atoms with Crippen molar-refractivity contribution in [1.29, 1.82) is 0 Å². The molecule has 1 N–H and O–H groups in total. The van der Waals surface area contributed by atoms with Crippen LogP contribution in [-0.2, 0) is 14.8 Å². The molecule has 0 heterocycles. The molecule has 5 nitrogen and oxygen atoms in total. The lowest BCUT2D eigenvalue weighted by Gasteiger charge is -2.08. The Balaban J connectivity index is 2.30. The molecule has 0 aliphatic heterocycles. The largest absolute Gasteiger partial charge is 0.280 e. The Bertz CT molecular complexity index is 766. The number of hydrogen-bond donors (Lipinski definition) is 1. The van der Waals surface area contributed by atoms with Crippen molar-refractivity contribution in [3.05, 3.63) is 54.3 Å². The van der Waals surface area contributed by atoms with Gasteiger partial charge in [-0.1, -0.05) is 6.07 Å². The first-order chi connectivity index (χ1) is 9.51. The zero-order valence-corrected chi connectivity index (χ0v) is 10.9. The Morgan fingerprint density at radius 3 is 2.45 bits per heavy atom. The minimum Gasteiger partial charge on any atom is -0.280 e. The SMILES string of the molecule is O=C=Nc1cccc(NS(=O)(=O)c2ccc(F)cc2)c1. The van der Waals surface area contributed by atoms with Crippen molar-refractivity contribution in [2.75, 3.05) is 4.72 Å². The highest BCUT2D eigenvalue weighted by atomic mass is 32.2. The number of aliphatic imine (C=N–C) groups is 1. The van der Waals surface area contributed by atoms with Crippen molar-refractivity contribution in [3.63, 3.8) is 0 Å². The summed E-state index contributed by atoms with van der Waals surface area (Å²) in [5.74, 6) is -0.522. The van der Waals surface area contributed by atoms with Crippen molar-refractivity contribution in [2.45, 2.75) is 4.90 Å². The van der Waals surface area contributed by atoms with Crippen molar-refractivity contribution < 1.29 is 17.6 Å². The molecule has 7 heteroatoms. The Morgan fingerprint density at radius 2 is 1.80 bits per heavy atom. The number of halogens is 1. The van der Waals surface area contributed by atoms with E-state index in [0.717, 1.165) is 24.3 Å². The molecule has 0 amide bonds. The first-order valence-electron chi connectivity index (χ1n) is 5.47. The highest BCUT2D eigenvalue weighted by molar-refractivity contribution is 7.92. The van der Waals surface area contributed by atoms with E-state index in [0.29, 0.717) is 0 Å². The van der Waals surface area contributed by atoms with E-state index in [-0.39, 0.29) is 16.3 Å². The molecule has 0 saturated carbocycles. The lowest BCUT2D eigenvalue weighted by Crippen LogP contribution is -2.12. The molecule has 20 heavy (non-hydrogen) atoms. The second kappa shape index (κ2) is 5.64. The summed E-state index contributed by atoms with van der Waals surface area (Å²) >= 11 is 0. The third kappa shape index (κ3) is 3.28. The summed E-state index contributed by atoms with van der Waals surface area (Å²) in [6.07, 6.45) is 1.37. The maximum Gasteiger partial charge on any atom is 0.261 e. The molecule has 0 radical (unpaired) electrons. The first kappa shape index (κ1) is 13.9. The molecule has 0 unspecified atom stereocenters. The van der Waals surface area contributed by atoms with Gasteiger partial charge in [0.05, 0.1) is 16.3 Å². The van der Waals surface area contributed by atoms with Crippen LogP contribution in [0, 0.1) is 5.82 Å². The Morgan fingerprint density at radius 1 is 1.10 bits per heavy atom. The molecule has 0 fully saturated rings. The standard InChI is InChI=1S/C13H9FN2O3S/c14-10-4-6-13(7-5-10)20(18,19)16-12-3-1-2-11(8-12)15-9-17/h1-8,16H. The third-order valence-corrected chi connectivity index (χ3v) is 3.79. The van der Waals surface area contributed by atoms with Crippen molar-refractivity contribution in [1.82, 2.24) is 0 Å². The number of rotatable bonds is 4. The molecular formula is C13H9FN2O3S. The maximum absolute atomic E-state index is 12.8. The highest BCUT2D eigenvalue weighted by Gasteiger charge is 2.14. The number of carbonyl (C=O) groups excluding carboxylic acids is 1. The molecule has 2 aromatic carbocycles. The average Bonchev–Trinajstić information content (AvgIpc) is 2.39. The predicted molar refractivity (Wildman–Crippen MR) is 71.4 cm³/mol. The van der Waals surface area contributed by atoms with E-state index >= 15 is 0 Å².